The fraction of sp³-hybridized carbons (Fsp3) is 0. The smallest absolute Gasteiger partial charge is 0.0263 e. The van der Waals surface area contributed by atoms with E-state index in [4.69, 9.17) is 0 Å². The Morgan fingerprint density at radius 1 is 1.11 bits per heavy atom. The molecule has 0 saturated heterocycles. The van der Waals surface area contributed by atoms with Gasteiger partial charge in [-0.2, -0.15) is 0 Å². The third-order valence-electron chi connectivity index (χ3n) is 1.04. The molecule has 0 aliphatic carbocycles. The van der Waals surface area contributed by atoms with Gasteiger partial charge in [0.2, 0.25) is 0 Å². The van der Waals surface area contributed by atoms with Crippen molar-refractivity contribution in [1.82, 2.24) is 6.15 Å². The van der Waals surface area contributed by atoms with Crippen molar-refractivity contribution in [2.75, 3.05) is 0 Å². The predicted molar refractivity (Wildman–Crippen MR) is 41.6 cm³/mol. The van der Waals surface area contributed by atoms with Crippen molar-refractivity contribution < 1.29 is 0 Å². The molecule has 9 heavy (non-hydrogen) atoms. The van der Waals surface area contributed by atoms with Crippen LogP contribution in [0.3, 0.4) is 0 Å². The first-order chi connectivity index (χ1) is 3.93. The van der Waals surface area contributed by atoms with Gasteiger partial charge in [-0.15, -0.1) is 0 Å². The largest absolute Gasteiger partial charge is 0.344 e. The Morgan fingerprint density at radius 2 is 1.67 bits per heavy atom. The van der Waals surface area contributed by atoms with Gasteiger partial charge in [0.1, 0.15) is 0 Å². The van der Waals surface area contributed by atoms with Crippen LogP contribution in [0.2, 0.25) is 0 Å². The highest BCUT2D eigenvalue weighted by Crippen LogP contribution is 1.97. The third kappa shape index (κ3) is 2.11. The van der Waals surface area contributed by atoms with Gasteiger partial charge in [-0.3, -0.25) is 0 Å². The van der Waals surface area contributed by atoms with Crippen molar-refractivity contribution in [3.8, 4) is 0 Å². The minimum Gasteiger partial charge on any atom is -0.344 e. The van der Waals surface area contributed by atoms with Crippen molar-refractivity contribution in [2.24, 2.45) is 0 Å². The van der Waals surface area contributed by atoms with Crippen LogP contribution in [0.4, 0.5) is 0 Å². The van der Waals surface area contributed by atoms with Gasteiger partial charge in [0.15, 0.2) is 0 Å². The standard InChI is InChI=1S/C8H8.H3N/c1-2-8-6-4-3-5-7-8;/h2-7H,1H2;1H3. The fourth-order valence-corrected chi connectivity index (χ4v) is 0.589. The predicted octanol–water partition coefficient (Wildman–Crippen LogP) is 2.49. The molecule has 0 bridgehead atoms. The van der Waals surface area contributed by atoms with E-state index in [1.54, 1.807) is 0 Å². The summed E-state index contributed by atoms with van der Waals surface area (Å²) in [4.78, 5) is 0. The van der Waals surface area contributed by atoms with Gasteiger partial charge in [0.05, 0.1) is 0 Å². The zero-order valence-electron chi connectivity index (χ0n) is 5.38. The van der Waals surface area contributed by atoms with Gasteiger partial charge in [0, 0.05) is 0 Å². The van der Waals surface area contributed by atoms with Crippen LogP contribution in [0, 0.1) is 0 Å². The van der Waals surface area contributed by atoms with E-state index in [1.165, 1.54) is 5.56 Å². The molecular formula is C8H11N. The Morgan fingerprint density at radius 3 is 2.00 bits per heavy atom. The normalized spacial score (nSPS) is 7.56. The maximum atomic E-state index is 3.63. The molecule has 0 heterocycles. The van der Waals surface area contributed by atoms with Gasteiger partial charge in [-0.25, -0.2) is 0 Å². The van der Waals surface area contributed by atoms with Crippen molar-refractivity contribution >= 4 is 6.08 Å². The van der Waals surface area contributed by atoms with E-state index in [-0.39, 0.29) is 6.15 Å². The molecule has 0 atom stereocenters. The van der Waals surface area contributed by atoms with E-state index in [2.05, 4.69) is 6.58 Å². The van der Waals surface area contributed by atoms with Crippen LogP contribution in [-0.2, 0) is 0 Å². The molecule has 0 spiro atoms. The lowest BCUT2D eigenvalue weighted by molar-refractivity contribution is 1.67. The van der Waals surface area contributed by atoms with Crippen LogP contribution in [0.25, 0.3) is 6.08 Å². The van der Waals surface area contributed by atoms with Crippen molar-refractivity contribution in [1.29, 1.82) is 0 Å². The van der Waals surface area contributed by atoms with E-state index in [9.17, 15) is 0 Å². The summed E-state index contributed by atoms with van der Waals surface area (Å²) in [5.41, 5.74) is 1.17. The molecule has 0 radical (unpaired) electrons. The van der Waals surface area contributed by atoms with Crippen LogP contribution >= 0.6 is 0 Å². The van der Waals surface area contributed by atoms with Gasteiger partial charge in [-0.1, -0.05) is 43.0 Å². The van der Waals surface area contributed by atoms with E-state index < -0.39 is 0 Å². The maximum Gasteiger partial charge on any atom is -0.0263 e. The van der Waals surface area contributed by atoms with E-state index in [1.807, 2.05) is 36.4 Å². The molecule has 1 aromatic carbocycles. The minimum atomic E-state index is 0. The lowest BCUT2D eigenvalue weighted by Gasteiger charge is -1.85. The van der Waals surface area contributed by atoms with E-state index in [0.29, 0.717) is 0 Å². The Balaban J connectivity index is 0.000000640. The summed E-state index contributed by atoms with van der Waals surface area (Å²) in [6.45, 7) is 3.63. The second kappa shape index (κ2) is 3.87. The monoisotopic (exact) mass is 121 g/mol. The second-order valence-electron chi connectivity index (χ2n) is 1.61. The number of hydrogen-bond acceptors (Lipinski definition) is 1. The Labute approximate surface area is 55.6 Å². The van der Waals surface area contributed by atoms with Crippen LogP contribution in [0.5, 0.6) is 0 Å². The zero-order valence-corrected chi connectivity index (χ0v) is 5.38. The fourth-order valence-electron chi connectivity index (χ4n) is 0.589. The van der Waals surface area contributed by atoms with Gasteiger partial charge in [-0.05, 0) is 5.56 Å². The molecule has 48 valence electrons. The Bertz CT molecular complexity index is 167. The highest BCUT2D eigenvalue weighted by atomic mass is 14.0. The number of benzene rings is 1. The van der Waals surface area contributed by atoms with Crippen molar-refractivity contribution in [2.45, 2.75) is 0 Å². The molecule has 0 aromatic heterocycles. The van der Waals surface area contributed by atoms with Crippen LogP contribution < -0.4 is 6.15 Å². The summed E-state index contributed by atoms with van der Waals surface area (Å²) >= 11 is 0. The topological polar surface area (TPSA) is 35.0 Å². The zero-order chi connectivity index (χ0) is 5.82. The molecule has 0 aliphatic rings. The van der Waals surface area contributed by atoms with Gasteiger partial charge >= 0.3 is 0 Å². The first-order valence-corrected chi connectivity index (χ1v) is 2.61. The lowest BCUT2D eigenvalue weighted by Crippen LogP contribution is -1.63. The van der Waals surface area contributed by atoms with Gasteiger partial charge in [0.25, 0.3) is 0 Å². The van der Waals surface area contributed by atoms with E-state index in [0.717, 1.165) is 0 Å². The number of rotatable bonds is 1. The average molecular weight is 121 g/mol. The first-order valence-electron chi connectivity index (χ1n) is 2.61. The summed E-state index contributed by atoms with van der Waals surface area (Å²) < 4.78 is 0. The molecule has 1 rings (SSSR count). The molecule has 1 heteroatoms. The lowest BCUT2D eigenvalue weighted by atomic mass is 10.2. The van der Waals surface area contributed by atoms with Gasteiger partial charge < -0.3 is 6.15 Å². The highest BCUT2D eigenvalue weighted by Gasteiger charge is 1.75. The number of hydrogen-bond donors (Lipinski definition) is 1. The molecule has 0 amide bonds. The molecule has 0 saturated carbocycles. The Kier molecular flexibility index (Phi) is 3.40. The quantitative estimate of drug-likeness (QED) is 0.608. The highest BCUT2D eigenvalue weighted by molar-refractivity contribution is 5.45. The van der Waals surface area contributed by atoms with Crippen molar-refractivity contribution in [3.63, 3.8) is 0 Å². The minimum absolute atomic E-state index is 0. The molecule has 1 nitrogen and oxygen atoms in total. The average Bonchev–Trinajstić information content (AvgIpc) is 1.90. The molecule has 0 unspecified atom stereocenters. The van der Waals surface area contributed by atoms with Crippen LogP contribution in [0.1, 0.15) is 5.56 Å². The molecule has 0 aliphatic heterocycles. The third-order valence-corrected chi connectivity index (χ3v) is 1.04. The SMILES string of the molecule is C=Cc1ccccc1.N. The summed E-state index contributed by atoms with van der Waals surface area (Å²) in [5.74, 6) is 0. The maximum absolute atomic E-state index is 3.63. The first kappa shape index (κ1) is 7.92. The summed E-state index contributed by atoms with van der Waals surface area (Å²) in [7, 11) is 0. The Hall–Kier alpha value is -1.08. The summed E-state index contributed by atoms with van der Waals surface area (Å²) in [6, 6.07) is 10.0. The summed E-state index contributed by atoms with van der Waals surface area (Å²) in [5, 5.41) is 0. The van der Waals surface area contributed by atoms with Crippen LogP contribution in [-0.4, -0.2) is 0 Å². The molecular weight excluding hydrogens is 110 g/mol. The second-order valence-corrected chi connectivity index (χ2v) is 1.61. The molecule has 0 fully saturated rings. The molecule has 3 N–H and O–H groups in total. The van der Waals surface area contributed by atoms with Crippen LogP contribution in [0.15, 0.2) is 36.9 Å². The van der Waals surface area contributed by atoms with Crippen molar-refractivity contribution in [3.05, 3.63) is 42.5 Å². The summed E-state index contributed by atoms with van der Waals surface area (Å²) in [6.07, 6.45) is 1.83. The molecule has 1 aromatic rings. The van der Waals surface area contributed by atoms with E-state index >= 15 is 0 Å².